The summed E-state index contributed by atoms with van der Waals surface area (Å²) in [6, 6.07) is 4.68. The molecule has 3 atom stereocenters. The molecule has 0 saturated carbocycles. The lowest BCUT2D eigenvalue weighted by atomic mass is 9.83. The number of fused-ring (bicyclic) bond motifs is 2. The standard InChI is InChI=1S/C25H25N5O7S2/c1-11-20(39-23-22(38-4)28(25(26)34)13(3)27(11)23)16-9-17-18(12(2)31)21(32)29(17)19(16)24(33)37-10-14-5-7-15(8-6-14)30(35)36/h5-8,12,17-18,31H,9-10H2,1-4H3,(H-,26,34)/p+1/t12-,17-,18-/m1/s1. The number of aromatic nitrogens is 2. The van der Waals surface area contributed by atoms with Crippen LogP contribution in [0.15, 0.2) is 35.0 Å². The smallest absolute Gasteiger partial charge is 0.411 e. The van der Waals surface area contributed by atoms with Crippen LogP contribution in [0.4, 0.5) is 10.5 Å². The highest BCUT2D eigenvalue weighted by atomic mass is 32.2. The lowest BCUT2D eigenvalue weighted by Gasteiger charge is -2.44. The number of primary amides is 1. The monoisotopic (exact) mass is 572 g/mol. The number of nitrogens with zero attached hydrogens (tertiary/aromatic N) is 4. The van der Waals surface area contributed by atoms with Gasteiger partial charge in [0.05, 0.1) is 27.9 Å². The van der Waals surface area contributed by atoms with Gasteiger partial charge in [-0.25, -0.2) is 9.59 Å². The number of non-ortho nitro benzene ring substituents is 1. The Hall–Kier alpha value is -3.75. The largest absolute Gasteiger partial charge is 0.456 e. The molecule has 4 heterocycles. The van der Waals surface area contributed by atoms with Crippen molar-refractivity contribution in [3.63, 3.8) is 0 Å². The van der Waals surface area contributed by atoms with Crippen molar-refractivity contribution >= 4 is 57.1 Å². The Kier molecular flexibility index (Phi) is 6.73. The highest BCUT2D eigenvalue weighted by Crippen LogP contribution is 2.49. The van der Waals surface area contributed by atoms with E-state index in [0.717, 1.165) is 15.4 Å². The summed E-state index contributed by atoms with van der Waals surface area (Å²) < 4.78 is 8.93. The fourth-order valence-corrected chi connectivity index (χ4v) is 7.77. The van der Waals surface area contributed by atoms with Gasteiger partial charge in [-0.05, 0) is 44.2 Å². The molecule has 1 fully saturated rings. The van der Waals surface area contributed by atoms with Gasteiger partial charge in [-0.3, -0.25) is 14.9 Å². The molecule has 204 valence electrons. The van der Waals surface area contributed by atoms with Crippen molar-refractivity contribution in [2.45, 2.75) is 51.0 Å². The van der Waals surface area contributed by atoms with E-state index in [0.29, 0.717) is 28.4 Å². The SMILES string of the molecule is CSc1c2sc(C3=C(C(=O)OCc4ccc([N+](=O)[O-])cc4)N4C(=O)[C@H]([C@@H](C)O)[C@H]4C3)c(C)[n+]2c(C)n1C(N)=O. The van der Waals surface area contributed by atoms with E-state index in [1.807, 2.05) is 17.6 Å². The molecule has 2 aromatic heterocycles. The van der Waals surface area contributed by atoms with Crippen molar-refractivity contribution < 1.29 is 33.6 Å². The third kappa shape index (κ3) is 4.10. The summed E-state index contributed by atoms with van der Waals surface area (Å²) >= 11 is 2.77. The lowest BCUT2D eigenvalue weighted by Crippen LogP contribution is -2.61. The fraction of sp³-hybridized carbons (Fsp3) is 0.360. The summed E-state index contributed by atoms with van der Waals surface area (Å²) in [6.45, 7) is 5.07. The molecule has 12 nitrogen and oxygen atoms in total. The fourth-order valence-electron chi connectivity index (χ4n) is 5.45. The van der Waals surface area contributed by atoms with E-state index >= 15 is 0 Å². The maximum Gasteiger partial charge on any atom is 0.411 e. The maximum atomic E-state index is 13.5. The number of nitro benzene ring substituents is 1. The first-order valence-corrected chi connectivity index (χ1v) is 14.1. The molecular formula is C25H26N5O7S2+. The molecule has 0 aliphatic carbocycles. The topological polar surface area (TPSA) is 162 Å². The van der Waals surface area contributed by atoms with Crippen molar-refractivity contribution in [3.05, 3.63) is 62.0 Å². The van der Waals surface area contributed by atoms with Crippen LogP contribution in [-0.4, -0.2) is 55.8 Å². The summed E-state index contributed by atoms with van der Waals surface area (Å²) in [7, 11) is 0. The predicted octanol–water partition coefficient (Wildman–Crippen LogP) is 2.53. The molecule has 39 heavy (non-hydrogen) atoms. The minimum Gasteiger partial charge on any atom is -0.456 e. The average Bonchev–Trinajstić information content (AvgIpc) is 3.49. The van der Waals surface area contributed by atoms with Crippen LogP contribution >= 0.6 is 23.1 Å². The molecule has 0 spiro atoms. The van der Waals surface area contributed by atoms with Gasteiger partial charge in [0.25, 0.3) is 11.5 Å². The van der Waals surface area contributed by atoms with E-state index in [4.69, 9.17) is 10.5 Å². The normalized spacial score (nSPS) is 19.3. The van der Waals surface area contributed by atoms with Gasteiger partial charge in [-0.15, -0.1) is 4.57 Å². The second-order valence-corrected chi connectivity index (χ2v) is 11.3. The second kappa shape index (κ2) is 9.77. The van der Waals surface area contributed by atoms with E-state index < -0.39 is 28.9 Å². The van der Waals surface area contributed by atoms with Gasteiger partial charge in [-0.1, -0.05) is 23.1 Å². The van der Waals surface area contributed by atoms with Crippen molar-refractivity contribution in [2.75, 3.05) is 6.26 Å². The van der Waals surface area contributed by atoms with Crippen molar-refractivity contribution in [1.29, 1.82) is 0 Å². The molecular weight excluding hydrogens is 546 g/mol. The highest BCUT2D eigenvalue weighted by Gasteiger charge is 2.57. The molecule has 1 saturated heterocycles. The number of β-lactam (4-membered cyclic amide) rings is 1. The number of aliphatic hydroxyl groups excluding tert-OH is 1. The third-order valence-electron chi connectivity index (χ3n) is 7.23. The third-order valence-corrected chi connectivity index (χ3v) is 9.43. The number of carbonyl (C=O) groups excluding carboxylic acids is 3. The summed E-state index contributed by atoms with van der Waals surface area (Å²) in [5.74, 6) is -1.06. The Morgan fingerprint density at radius 3 is 2.56 bits per heavy atom. The Balaban J connectivity index is 1.56. The second-order valence-electron chi connectivity index (χ2n) is 9.46. The molecule has 1 aromatic carbocycles. The number of ether oxygens (including phenoxy) is 1. The molecule has 3 aromatic rings. The van der Waals surface area contributed by atoms with Crippen LogP contribution in [0.2, 0.25) is 0 Å². The number of hydrogen-bond donors (Lipinski definition) is 2. The average molecular weight is 573 g/mol. The summed E-state index contributed by atoms with van der Waals surface area (Å²) in [6.07, 6.45) is 1.32. The Bertz CT molecular complexity index is 1590. The number of imidazole rings is 1. The van der Waals surface area contributed by atoms with Crippen LogP contribution in [-0.2, 0) is 20.9 Å². The van der Waals surface area contributed by atoms with Crippen molar-refractivity contribution in [3.8, 4) is 0 Å². The quantitative estimate of drug-likeness (QED) is 0.109. The first kappa shape index (κ1) is 26.8. The Labute approximate surface area is 230 Å². The zero-order chi connectivity index (χ0) is 28.3. The molecule has 14 heteroatoms. The van der Waals surface area contributed by atoms with E-state index in [9.17, 15) is 29.6 Å². The van der Waals surface area contributed by atoms with E-state index in [1.165, 1.54) is 56.8 Å². The summed E-state index contributed by atoms with van der Waals surface area (Å²) in [5.41, 5.74) is 7.64. The van der Waals surface area contributed by atoms with Crippen LogP contribution in [0.25, 0.3) is 10.4 Å². The van der Waals surface area contributed by atoms with E-state index in [1.54, 1.807) is 13.8 Å². The number of aryl methyl sites for hydroxylation is 2. The number of carbonyl (C=O) groups is 3. The number of thiazole rings is 1. The van der Waals surface area contributed by atoms with Gasteiger partial charge in [0.15, 0.2) is 0 Å². The summed E-state index contributed by atoms with van der Waals surface area (Å²) in [4.78, 5) is 52.0. The number of nitro groups is 1. The number of esters is 1. The summed E-state index contributed by atoms with van der Waals surface area (Å²) in [5, 5.41) is 21.8. The molecule has 2 aliphatic heterocycles. The Morgan fingerprint density at radius 2 is 2.00 bits per heavy atom. The number of amides is 2. The molecule has 0 radical (unpaired) electrons. The van der Waals surface area contributed by atoms with Crippen LogP contribution in [0, 0.1) is 29.9 Å². The zero-order valence-corrected chi connectivity index (χ0v) is 23.2. The van der Waals surface area contributed by atoms with E-state index in [2.05, 4.69) is 0 Å². The molecule has 5 rings (SSSR count). The maximum absolute atomic E-state index is 13.5. The highest BCUT2D eigenvalue weighted by molar-refractivity contribution is 7.98. The Morgan fingerprint density at radius 1 is 1.33 bits per heavy atom. The molecule has 3 N–H and O–H groups in total. The predicted molar refractivity (Wildman–Crippen MR) is 142 cm³/mol. The van der Waals surface area contributed by atoms with Crippen LogP contribution in [0.3, 0.4) is 0 Å². The number of nitrogens with two attached hydrogens (primary N) is 1. The number of thioether (sulfide) groups is 1. The minimum absolute atomic E-state index is 0.0776. The minimum atomic E-state index is -0.879. The lowest BCUT2D eigenvalue weighted by molar-refractivity contribution is -0.523. The van der Waals surface area contributed by atoms with Crippen molar-refractivity contribution in [2.24, 2.45) is 11.7 Å². The molecule has 0 unspecified atom stereocenters. The van der Waals surface area contributed by atoms with Crippen LogP contribution in [0.5, 0.6) is 0 Å². The van der Waals surface area contributed by atoms with Crippen LogP contribution in [0.1, 0.15) is 35.3 Å². The van der Waals surface area contributed by atoms with Gasteiger partial charge in [0.2, 0.25) is 15.8 Å². The van der Waals surface area contributed by atoms with Gasteiger partial charge in [-0.2, -0.15) is 4.40 Å². The zero-order valence-electron chi connectivity index (χ0n) is 21.5. The van der Waals surface area contributed by atoms with Crippen molar-refractivity contribution in [1.82, 2.24) is 9.47 Å². The first-order valence-electron chi connectivity index (χ1n) is 12.0. The molecule has 2 amide bonds. The van der Waals surface area contributed by atoms with Gasteiger partial charge in [0, 0.05) is 24.6 Å². The number of aliphatic hydroxyl groups is 1. The van der Waals surface area contributed by atoms with Gasteiger partial charge in [0.1, 0.15) is 18.0 Å². The van der Waals surface area contributed by atoms with Gasteiger partial charge >= 0.3 is 12.0 Å². The van der Waals surface area contributed by atoms with E-state index in [-0.39, 0.29) is 29.9 Å². The van der Waals surface area contributed by atoms with Gasteiger partial charge < -0.3 is 20.5 Å². The number of hydrogen-bond acceptors (Lipinski definition) is 9. The number of benzene rings is 1. The van der Waals surface area contributed by atoms with Crippen LogP contribution < -0.4 is 10.1 Å². The first-order chi connectivity index (χ1) is 18.5. The number of rotatable bonds is 7. The molecule has 0 bridgehead atoms. The molecule has 2 aliphatic rings.